The van der Waals surface area contributed by atoms with Crippen molar-refractivity contribution in [3.8, 4) is 0 Å². The van der Waals surface area contributed by atoms with Crippen LogP contribution in [0.1, 0.15) is 25.1 Å². The van der Waals surface area contributed by atoms with Crippen LogP contribution < -0.4 is 5.73 Å². The summed E-state index contributed by atoms with van der Waals surface area (Å²) in [5, 5.41) is 10.2. The summed E-state index contributed by atoms with van der Waals surface area (Å²) in [7, 11) is 0. The highest BCUT2D eigenvalue weighted by atomic mass is 16.6. The molecular weight excluding hydrogens is 160 g/mol. The molecule has 0 bridgehead atoms. The van der Waals surface area contributed by atoms with Gasteiger partial charge in [0.25, 0.3) is 0 Å². The summed E-state index contributed by atoms with van der Waals surface area (Å²) in [5.41, 5.74) is 5.59. The summed E-state index contributed by atoms with van der Waals surface area (Å²) in [6, 6.07) is 2.59. The van der Waals surface area contributed by atoms with E-state index >= 15 is 0 Å². The Morgan fingerprint density at radius 1 is 1.75 bits per heavy atom. The maximum atomic E-state index is 10.2. The van der Waals surface area contributed by atoms with Crippen LogP contribution >= 0.6 is 0 Å². The van der Waals surface area contributed by atoms with Crippen LogP contribution in [0.25, 0.3) is 0 Å². The Kier molecular flexibility index (Phi) is 2.44. The minimum atomic E-state index is -0.578. The van der Waals surface area contributed by atoms with Crippen LogP contribution in [-0.2, 0) is 0 Å². The lowest BCUT2D eigenvalue weighted by Gasteiger charge is -2.01. The van der Waals surface area contributed by atoms with E-state index in [-0.39, 0.29) is 11.9 Å². The van der Waals surface area contributed by atoms with Crippen LogP contribution in [0.2, 0.25) is 0 Å². The van der Waals surface area contributed by atoms with Crippen molar-refractivity contribution in [3.63, 3.8) is 0 Å². The third-order valence-corrected chi connectivity index (χ3v) is 1.60. The summed E-state index contributed by atoms with van der Waals surface area (Å²) >= 11 is 0. The smallest absolute Gasteiger partial charge is 0.404 e. The predicted octanol–water partition coefficient (Wildman–Crippen LogP) is 1.60. The average molecular weight is 170 g/mol. The van der Waals surface area contributed by atoms with Crippen molar-refractivity contribution in [1.82, 2.24) is 0 Å². The Bertz CT molecular complexity index is 282. The zero-order valence-corrected chi connectivity index (χ0v) is 6.69. The molecular formula is C7H10N2O3. The van der Waals surface area contributed by atoms with Gasteiger partial charge in [-0.15, -0.1) is 0 Å². The van der Waals surface area contributed by atoms with Gasteiger partial charge in [-0.1, -0.05) is 6.92 Å². The molecule has 0 unspecified atom stereocenters. The highest BCUT2D eigenvalue weighted by molar-refractivity contribution is 5.19. The van der Waals surface area contributed by atoms with E-state index in [0.717, 1.165) is 0 Å². The quantitative estimate of drug-likeness (QED) is 0.551. The lowest BCUT2D eigenvalue weighted by molar-refractivity contribution is -0.402. The molecule has 0 fully saturated rings. The van der Waals surface area contributed by atoms with Gasteiger partial charge < -0.3 is 10.2 Å². The lowest BCUT2D eigenvalue weighted by atomic mass is 10.2. The fraction of sp³-hybridized carbons (Fsp3) is 0.429. The normalized spacial score (nSPS) is 12.8. The second-order valence-corrected chi connectivity index (χ2v) is 2.45. The summed E-state index contributed by atoms with van der Waals surface area (Å²) in [6.07, 6.45) is 0.699. The molecule has 1 aromatic heterocycles. The molecule has 5 nitrogen and oxygen atoms in total. The van der Waals surface area contributed by atoms with Gasteiger partial charge in [0, 0.05) is 0 Å². The van der Waals surface area contributed by atoms with E-state index < -0.39 is 4.92 Å². The fourth-order valence-electron chi connectivity index (χ4n) is 0.841. The van der Waals surface area contributed by atoms with Gasteiger partial charge in [0.05, 0.1) is 12.1 Å². The Morgan fingerprint density at radius 3 is 2.83 bits per heavy atom. The van der Waals surface area contributed by atoms with Crippen molar-refractivity contribution in [1.29, 1.82) is 0 Å². The molecule has 0 aliphatic carbocycles. The first-order valence-electron chi connectivity index (χ1n) is 3.65. The second-order valence-electron chi connectivity index (χ2n) is 2.45. The summed E-state index contributed by atoms with van der Waals surface area (Å²) < 4.78 is 4.87. The number of nitrogens with zero attached hydrogens (tertiary/aromatic N) is 1. The zero-order valence-electron chi connectivity index (χ0n) is 6.69. The van der Waals surface area contributed by atoms with E-state index in [1.807, 2.05) is 6.92 Å². The molecule has 0 saturated carbocycles. The van der Waals surface area contributed by atoms with Gasteiger partial charge >= 0.3 is 5.88 Å². The van der Waals surface area contributed by atoms with Crippen LogP contribution in [0, 0.1) is 10.1 Å². The first kappa shape index (κ1) is 8.73. The van der Waals surface area contributed by atoms with Gasteiger partial charge in [0.2, 0.25) is 0 Å². The van der Waals surface area contributed by atoms with Crippen LogP contribution in [-0.4, -0.2) is 4.92 Å². The van der Waals surface area contributed by atoms with E-state index in [2.05, 4.69) is 0 Å². The van der Waals surface area contributed by atoms with Crippen LogP contribution in [0.5, 0.6) is 0 Å². The zero-order chi connectivity index (χ0) is 9.14. The van der Waals surface area contributed by atoms with Crippen LogP contribution in [0.3, 0.4) is 0 Å². The summed E-state index contributed by atoms with van der Waals surface area (Å²) in [4.78, 5) is 9.62. The molecule has 0 aliphatic heterocycles. The average Bonchev–Trinajstić information content (AvgIpc) is 2.51. The van der Waals surface area contributed by atoms with E-state index in [1.165, 1.54) is 12.1 Å². The highest BCUT2D eigenvalue weighted by Gasteiger charge is 2.14. The van der Waals surface area contributed by atoms with Crippen molar-refractivity contribution >= 4 is 5.88 Å². The largest absolute Gasteiger partial charge is 0.433 e. The fourth-order valence-corrected chi connectivity index (χ4v) is 0.841. The molecule has 5 heteroatoms. The maximum absolute atomic E-state index is 10.2. The first-order valence-corrected chi connectivity index (χ1v) is 3.65. The molecule has 1 heterocycles. The van der Waals surface area contributed by atoms with Crippen LogP contribution in [0.15, 0.2) is 16.5 Å². The van der Waals surface area contributed by atoms with Gasteiger partial charge in [-0.3, -0.25) is 10.1 Å². The van der Waals surface area contributed by atoms with E-state index in [1.54, 1.807) is 0 Å². The number of hydrogen-bond donors (Lipinski definition) is 1. The van der Waals surface area contributed by atoms with Crippen molar-refractivity contribution in [2.24, 2.45) is 5.73 Å². The molecule has 1 atom stereocenters. The van der Waals surface area contributed by atoms with Gasteiger partial charge in [-0.05, 0) is 12.5 Å². The Balaban J connectivity index is 2.84. The standard InChI is InChI=1S/C7H10N2O3/c1-2-5(8)6-3-4-7(12-6)9(10)11/h3-5H,2,8H2,1H3/t5-/m1/s1. The molecule has 12 heavy (non-hydrogen) atoms. The van der Waals surface area contributed by atoms with Gasteiger partial charge in [-0.25, -0.2) is 0 Å². The monoisotopic (exact) mass is 170 g/mol. The number of rotatable bonds is 3. The Morgan fingerprint density at radius 2 is 2.42 bits per heavy atom. The molecule has 0 amide bonds. The van der Waals surface area contributed by atoms with E-state index in [9.17, 15) is 10.1 Å². The van der Waals surface area contributed by atoms with Crippen molar-refractivity contribution in [3.05, 3.63) is 28.0 Å². The van der Waals surface area contributed by atoms with Crippen molar-refractivity contribution < 1.29 is 9.34 Å². The van der Waals surface area contributed by atoms with Gasteiger partial charge in [0.15, 0.2) is 0 Å². The van der Waals surface area contributed by atoms with E-state index in [4.69, 9.17) is 10.2 Å². The van der Waals surface area contributed by atoms with Crippen molar-refractivity contribution in [2.75, 3.05) is 0 Å². The predicted molar refractivity (Wildman–Crippen MR) is 42.6 cm³/mol. The SMILES string of the molecule is CC[C@@H](N)c1ccc([N+](=O)[O-])o1. The number of nitro groups is 1. The molecule has 0 aromatic carbocycles. The maximum Gasteiger partial charge on any atom is 0.433 e. The summed E-state index contributed by atoms with van der Waals surface area (Å²) in [5.74, 6) is 0.207. The minimum Gasteiger partial charge on any atom is -0.404 e. The summed E-state index contributed by atoms with van der Waals surface area (Å²) in [6.45, 7) is 1.89. The molecule has 1 rings (SSSR count). The molecule has 0 aliphatic rings. The number of nitrogens with two attached hydrogens (primary N) is 1. The van der Waals surface area contributed by atoms with Gasteiger partial charge in [0.1, 0.15) is 10.7 Å². The third kappa shape index (κ3) is 1.62. The molecule has 0 spiro atoms. The van der Waals surface area contributed by atoms with E-state index in [0.29, 0.717) is 12.2 Å². The Labute approximate surface area is 69.3 Å². The third-order valence-electron chi connectivity index (χ3n) is 1.60. The van der Waals surface area contributed by atoms with Crippen molar-refractivity contribution in [2.45, 2.75) is 19.4 Å². The Hall–Kier alpha value is -1.36. The molecule has 0 saturated heterocycles. The highest BCUT2D eigenvalue weighted by Crippen LogP contribution is 2.21. The van der Waals surface area contributed by atoms with Crippen LogP contribution in [0.4, 0.5) is 5.88 Å². The molecule has 66 valence electrons. The second kappa shape index (κ2) is 3.36. The number of furan rings is 1. The topological polar surface area (TPSA) is 82.3 Å². The lowest BCUT2D eigenvalue weighted by Crippen LogP contribution is -2.06. The molecule has 0 radical (unpaired) electrons. The number of hydrogen-bond acceptors (Lipinski definition) is 4. The molecule has 2 N–H and O–H groups in total. The molecule has 1 aromatic rings. The first-order chi connectivity index (χ1) is 5.65. The van der Waals surface area contributed by atoms with Gasteiger partial charge in [-0.2, -0.15) is 0 Å². The minimum absolute atomic E-state index is 0.251.